The zero-order valence-corrected chi connectivity index (χ0v) is 18.2. The van der Waals surface area contributed by atoms with Gasteiger partial charge < -0.3 is 23.8 Å². The van der Waals surface area contributed by atoms with Crippen molar-refractivity contribution in [1.82, 2.24) is 10.2 Å². The number of benzene rings is 2. The number of ether oxygens (including phenoxy) is 1. The number of methoxy groups -OCH3 is 1. The third kappa shape index (κ3) is 4.62. The Kier molecular flexibility index (Phi) is 5.60. The minimum absolute atomic E-state index is 0.0659. The molecular formula is C26H24N2O5. The standard InChI is InChI=1S/C26H24N2O5/c1-31-22-6-2-4-19-14-23(33-24(19)22)26(30)28(16-21-5-3-13-32-21)15-17-7-9-18(10-8-17)25(29)27-20-11-12-20/h2-10,13-14,20H,11-12,15-16H2,1H3,(H,27,29). The molecule has 0 bridgehead atoms. The van der Waals surface area contributed by atoms with Crippen LogP contribution in [-0.2, 0) is 13.1 Å². The maximum absolute atomic E-state index is 13.4. The molecule has 0 spiro atoms. The summed E-state index contributed by atoms with van der Waals surface area (Å²) in [6.07, 6.45) is 3.67. The van der Waals surface area contributed by atoms with Crippen molar-refractivity contribution in [2.45, 2.75) is 32.0 Å². The maximum atomic E-state index is 13.4. The van der Waals surface area contributed by atoms with Crippen LogP contribution in [0.25, 0.3) is 11.0 Å². The van der Waals surface area contributed by atoms with Gasteiger partial charge in [0.25, 0.3) is 11.8 Å². The average Bonchev–Trinajstić information content (AvgIpc) is 3.31. The van der Waals surface area contributed by atoms with E-state index in [1.807, 2.05) is 30.3 Å². The summed E-state index contributed by atoms with van der Waals surface area (Å²) in [4.78, 5) is 27.3. The lowest BCUT2D eigenvalue weighted by atomic mass is 10.1. The van der Waals surface area contributed by atoms with E-state index in [1.165, 1.54) is 0 Å². The molecule has 0 aliphatic heterocycles. The third-order valence-corrected chi connectivity index (χ3v) is 5.65. The molecule has 2 aromatic carbocycles. The van der Waals surface area contributed by atoms with Gasteiger partial charge in [0, 0.05) is 23.5 Å². The second kappa shape index (κ2) is 8.86. The van der Waals surface area contributed by atoms with Gasteiger partial charge in [-0.3, -0.25) is 9.59 Å². The molecule has 1 saturated carbocycles. The zero-order chi connectivity index (χ0) is 22.8. The van der Waals surface area contributed by atoms with Crippen LogP contribution in [0.1, 0.15) is 45.1 Å². The average molecular weight is 444 g/mol. The molecule has 4 aromatic rings. The normalized spacial score (nSPS) is 13.1. The van der Waals surface area contributed by atoms with Crippen LogP contribution in [0.2, 0.25) is 0 Å². The molecule has 168 valence electrons. The first-order valence-corrected chi connectivity index (χ1v) is 10.9. The molecule has 1 fully saturated rings. The third-order valence-electron chi connectivity index (χ3n) is 5.65. The molecule has 1 aliphatic rings. The highest BCUT2D eigenvalue weighted by molar-refractivity contribution is 5.97. The monoisotopic (exact) mass is 444 g/mol. The van der Waals surface area contributed by atoms with E-state index in [9.17, 15) is 9.59 Å². The van der Waals surface area contributed by atoms with Crippen molar-refractivity contribution in [2.75, 3.05) is 7.11 Å². The van der Waals surface area contributed by atoms with Crippen LogP contribution in [0, 0.1) is 0 Å². The lowest BCUT2D eigenvalue weighted by Gasteiger charge is -2.21. The van der Waals surface area contributed by atoms with E-state index in [4.69, 9.17) is 13.6 Å². The van der Waals surface area contributed by atoms with Crippen LogP contribution < -0.4 is 10.1 Å². The number of rotatable bonds is 8. The number of furan rings is 2. The van der Waals surface area contributed by atoms with Crippen molar-refractivity contribution >= 4 is 22.8 Å². The van der Waals surface area contributed by atoms with Crippen molar-refractivity contribution in [3.63, 3.8) is 0 Å². The summed E-state index contributed by atoms with van der Waals surface area (Å²) in [5.41, 5.74) is 2.04. The van der Waals surface area contributed by atoms with Gasteiger partial charge in [0.15, 0.2) is 17.1 Å². The molecule has 33 heavy (non-hydrogen) atoms. The number of nitrogens with zero attached hydrogens (tertiary/aromatic N) is 1. The van der Waals surface area contributed by atoms with Gasteiger partial charge in [0.2, 0.25) is 0 Å². The number of fused-ring (bicyclic) bond motifs is 1. The molecule has 0 atom stereocenters. The Morgan fingerprint density at radius 3 is 2.58 bits per heavy atom. The maximum Gasteiger partial charge on any atom is 0.290 e. The van der Waals surface area contributed by atoms with E-state index in [1.54, 1.807) is 48.6 Å². The van der Waals surface area contributed by atoms with E-state index in [0.29, 0.717) is 35.2 Å². The molecule has 1 N–H and O–H groups in total. The molecule has 7 heteroatoms. The van der Waals surface area contributed by atoms with Gasteiger partial charge in [-0.05, 0) is 54.8 Å². The van der Waals surface area contributed by atoms with Crippen molar-refractivity contribution in [1.29, 1.82) is 0 Å². The van der Waals surface area contributed by atoms with Crippen LogP contribution in [0.4, 0.5) is 0 Å². The van der Waals surface area contributed by atoms with E-state index < -0.39 is 0 Å². The van der Waals surface area contributed by atoms with Crippen LogP contribution in [0.5, 0.6) is 5.75 Å². The summed E-state index contributed by atoms with van der Waals surface area (Å²) >= 11 is 0. The lowest BCUT2D eigenvalue weighted by Crippen LogP contribution is -2.30. The Morgan fingerprint density at radius 1 is 1.06 bits per heavy atom. The number of hydrogen-bond donors (Lipinski definition) is 1. The van der Waals surface area contributed by atoms with Gasteiger partial charge in [-0.25, -0.2) is 0 Å². The van der Waals surface area contributed by atoms with Crippen LogP contribution >= 0.6 is 0 Å². The highest BCUT2D eigenvalue weighted by Gasteiger charge is 2.25. The number of carbonyl (C=O) groups is 2. The predicted octanol–water partition coefficient (Wildman–Crippen LogP) is 4.77. The first-order valence-electron chi connectivity index (χ1n) is 10.9. The predicted molar refractivity (Wildman–Crippen MR) is 122 cm³/mol. The Morgan fingerprint density at radius 2 is 1.88 bits per heavy atom. The quantitative estimate of drug-likeness (QED) is 0.423. The Hall–Kier alpha value is -4.00. The zero-order valence-electron chi connectivity index (χ0n) is 18.2. The molecule has 0 saturated heterocycles. The number of para-hydroxylation sites is 1. The SMILES string of the molecule is COc1cccc2cc(C(=O)N(Cc3ccc(C(=O)NC4CC4)cc3)Cc3ccco3)oc12. The Balaban J connectivity index is 1.38. The molecule has 1 aliphatic carbocycles. The molecule has 0 unspecified atom stereocenters. The summed E-state index contributed by atoms with van der Waals surface area (Å²) in [5.74, 6) is 1.13. The molecule has 5 rings (SSSR count). The number of nitrogens with one attached hydrogen (secondary N) is 1. The number of amides is 2. The number of carbonyl (C=O) groups excluding carboxylic acids is 2. The molecule has 7 nitrogen and oxygen atoms in total. The highest BCUT2D eigenvalue weighted by Crippen LogP contribution is 2.29. The second-order valence-electron chi connectivity index (χ2n) is 8.17. The van der Waals surface area contributed by atoms with Gasteiger partial charge in [-0.2, -0.15) is 0 Å². The Bertz CT molecular complexity index is 1270. The van der Waals surface area contributed by atoms with Gasteiger partial charge in [-0.15, -0.1) is 0 Å². The van der Waals surface area contributed by atoms with Crippen molar-refractivity contribution in [3.05, 3.63) is 89.6 Å². The molecular weight excluding hydrogens is 420 g/mol. The summed E-state index contributed by atoms with van der Waals surface area (Å²) in [6.45, 7) is 0.613. The summed E-state index contributed by atoms with van der Waals surface area (Å²) < 4.78 is 16.7. The van der Waals surface area contributed by atoms with Crippen molar-refractivity contribution < 1.29 is 23.2 Å². The molecule has 0 radical (unpaired) electrons. The van der Waals surface area contributed by atoms with E-state index in [2.05, 4.69) is 5.32 Å². The fourth-order valence-electron chi connectivity index (χ4n) is 3.73. The van der Waals surface area contributed by atoms with Gasteiger partial charge in [0.05, 0.1) is 19.9 Å². The number of hydrogen-bond acceptors (Lipinski definition) is 5. The molecule has 2 heterocycles. The summed E-state index contributed by atoms with van der Waals surface area (Å²) in [7, 11) is 1.57. The fraction of sp³-hybridized carbons (Fsp3) is 0.231. The van der Waals surface area contributed by atoms with E-state index in [-0.39, 0.29) is 24.1 Å². The van der Waals surface area contributed by atoms with Gasteiger partial charge >= 0.3 is 0 Å². The van der Waals surface area contributed by atoms with Gasteiger partial charge in [-0.1, -0.05) is 24.3 Å². The molecule has 2 amide bonds. The minimum atomic E-state index is -0.264. The largest absolute Gasteiger partial charge is 0.493 e. The first-order chi connectivity index (χ1) is 16.1. The lowest BCUT2D eigenvalue weighted by molar-refractivity contribution is 0.0687. The minimum Gasteiger partial charge on any atom is -0.493 e. The fourth-order valence-corrected chi connectivity index (χ4v) is 3.73. The van der Waals surface area contributed by atoms with Crippen LogP contribution in [-0.4, -0.2) is 29.9 Å². The molecule has 2 aromatic heterocycles. The second-order valence-corrected chi connectivity index (χ2v) is 8.17. The van der Waals surface area contributed by atoms with Crippen LogP contribution in [0.15, 0.2) is 75.8 Å². The van der Waals surface area contributed by atoms with Gasteiger partial charge in [0.1, 0.15) is 5.76 Å². The first kappa shape index (κ1) is 20.9. The highest BCUT2D eigenvalue weighted by atomic mass is 16.5. The summed E-state index contributed by atoms with van der Waals surface area (Å²) in [5, 5.41) is 3.78. The topological polar surface area (TPSA) is 84.9 Å². The van der Waals surface area contributed by atoms with E-state index in [0.717, 1.165) is 23.8 Å². The summed E-state index contributed by atoms with van der Waals surface area (Å²) in [6, 6.07) is 18.5. The van der Waals surface area contributed by atoms with E-state index >= 15 is 0 Å². The van der Waals surface area contributed by atoms with Crippen molar-refractivity contribution in [3.8, 4) is 5.75 Å². The Labute approximate surface area is 190 Å². The van der Waals surface area contributed by atoms with Crippen LogP contribution in [0.3, 0.4) is 0 Å². The smallest absolute Gasteiger partial charge is 0.290 e. The van der Waals surface area contributed by atoms with Crippen molar-refractivity contribution in [2.24, 2.45) is 0 Å².